The van der Waals surface area contributed by atoms with Crippen LogP contribution in [0.1, 0.15) is 72.1 Å². The van der Waals surface area contributed by atoms with E-state index < -0.39 is 0 Å². The van der Waals surface area contributed by atoms with Crippen LogP contribution in [-0.4, -0.2) is 29.4 Å². The molecule has 0 rings (SSSR count). The zero-order valence-electron chi connectivity index (χ0n) is 12.2. The maximum absolute atomic E-state index is 3.53. The molecular formula is C15H32BrN. The fourth-order valence-corrected chi connectivity index (χ4v) is 2.64. The van der Waals surface area contributed by atoms with Gasteiger partial charge in [-0.2, -0.15) is 0 Å². The van der Waals surface area contributed by atoms with Crippen LogP contribution in [0.25, 0.3) is 0 Å². The molecule has 0 aliphatic heterocycles. The van der Waals surface area contributed by atoms with Crippen LogP contribution in [-0.2, 0) is 0 Å². The van der Waals surface area contributed by atoms with Crippen LogP contribution >= 0.6 is 15.9 Å². The fraction of sp³-hybridized carbons (Fsp3) is 1.00. The van der Waals surface area contributed by atoms with E-state index in [1.54, 1.807) is 0 Å². The molecule has 0 aliphatic rings. The predicted molar refractivity (Wildman–Crippen MR) is 83.1 cm³/mol. The van der Waals surface area contributed by atoms with Crippen LogP contribution in [0.4, 0.5) is 0 Å². The van der Waals surface area contributed by atoms with E-state index in [0.29, 0.717) is 6.04 Å². The van der Waals surface area contributed by atoms with Gasteiger partial charge in [-0.05, 0) is 26.8 Å². The lowest BCUT2D eigenvalue weighted by Crippen LogP contribution is -2.33. The molecule has 0 bridgehead atoms. The lowest BCUT2D eigenvalue weighted by molar-refractivity contribution is 0.230. The Kier molecular flexibility index (Phi) is 13.2. The molecule has 0 aromatic rings. The normalized spacial score (nSPS) is 11.6. The lowest BCUT2D eigenvalue weighted by atomic mass is 10.1. The van der Waals surface area contributed by atoms with Gasteiger partial charge in [-0.15, -0.1) is 0 Å². The molecule has 0 aromatic carbocycles. The van der Waals surface area contributed by atoms with E-state index >= 15 is 0 Å². The van der Waals surface area contributed by atoms with Gasteiger partial charge in [0.15, 0.2) is 0 Å². The Morgan fingerprint density at radius 2 is 1.35 bits per heavy atom. The number of unbranched alkanes of at least 4 members (excludes halogenated alkanes) is 7. The molecule has 0 spiro atoms. The molecule has 0 aromatic heterocycles. The van der Waals surface area contributed by atoms with Crippen molar-refractivity contribution in [3.8, 4) is 0 Å². The summed E-state index contributed by atoms with van der Waals surface area (Å²) in [6, 6.07) is 0.692. The van der Waals surface area contributed by atoms with Crippen LogP contribution in [0, 0.1) is 0 Å². The Labute approximate surface area is 117 Å². The Hall–Kier alpha value is 0.440. The first-order valence-electron chi connectivity index (χ1n) is 7.52. The molecule has 0 aliphatic carbocycles. The van der Waals surface area contributed by atoms with Gasteiger partial charge in [-0.25, -0.2) is 0 Å². The van der Waals surface area contributed by atoms with Crippen molar-refractivity contribution in [3.05, 3.63) is 0 Å². The second-order valence-corrected chi connectivity index (χ2v) is 6.09. The van der Waals surface area contributed by atoms with E-state index in [0.717, 1.165) is 5.33 Å². The third kappa shape index (κ3) is 11.3. The van der Waals surface area contributed by atoms with Crippen LogP contribution in [0.2, 0.25) is 0 Å². The van der Waals surface area contributed by atoms with Gasteiger partial charge in [0, 0.05) is 17.9 Å². The highest BCUT2D eigenvalue weighted by atomic mass is 79.9. The van der Waals surface area contributed by atoms with Crippen molar-refractivity contribution in [2.75, 3.05) is 18.4 Å². The van der Waals surface area contributed by atoms with Gasteiger partial charge in [-0.1, -0.05) is 67.8 Å². The van der Waals surface area contributed by atoms with Crippen molar-refractivity contribution in [3.63, 3.8) is 0 Å². The molecule has 0 atom stereocenters. The van der Waals surface area contributed by atoms with E-state index in [1.807, 2.05) is 0 Å². The topological polar surface area (TPSA) is 3.24 Å². The maximum atomic E-state index is 3.53. The first-order chi connectivity index (χ1) is 8.22. The Balaban J connectivity index is 3.30. The molecule has 2 heteroatoms. The highest BCUT2D eigenvalue weighted by molar-refractivity contribution is 9.09. The molecule has 0 heterocycles. The van der Waals surface area contributed by atoms with E-state index in [1.165, 1.54) is 64.5 Å². The van der Waals surface area contributed by atoms with Gasteiger partial charge in [0.05, 0.1) is 0 Å². The molecule has 0 saturated carbocycles. The molecule has 0 fully saturated rings. The average Bonchev–Trinajstić information content (AvgIpc) is 2.31. The average molecular weight is 306 g/mol. The molecule has 0 saturated heterocycles. The Morgan fingerprint density at radius 1 is 0.824 bits per heavy atom. The van der Waals surface area contributed by atoms with Crippen molar-refractivity contribution in [1.29, 1.82) is 0 Å². The van der Waals surface area contributed by atoms with Crippen LogP contribution < -0.4 is 0 Å². The van der Waals surface area contributed by atoms with Gasteiger partial charge in [0.25, 0.3) is 0 Å². The van der Waals surface area contributed by atoms with Crippen molar-refractivity contribution < 1.29 is 0 Å². The highest BCUT2D eigenvalue weighted by Crippen LogP contribution is 2.09. The van der Waals surface area contributed by atoms with Crippen molar-refractivity contribution in [1.82, 2.24) is 4.90 Å². The largest absolute Gasteiger partial charge is 0.300 e. The SMILES string of the molecule is CCCCCCCCCCN(CCBr)C(C)C. The second-order valence-electron chi connectivity index (χ2n) is 5.29. The molecule has 17 heavy (non-hydrogen) atoms. The predicted octanol–water partition coefficient (Wildman–Crippen LogP) is 5.23. The van der Waals surface area contributed by atoms with Gasteiger partial charge >= 0.3 is 0 Å². The standard InChI is InChI=1S/C15H32BrN/c1-4-5-6-7-8-9-10-11-13-17(14-12-16)15(2)3/h15H,4-14H2,1-3H3. The van der Waals surface area contributed by atoms with Crippen molar-refractivity contribution >= 4 is 15.9 Å². The van der Waals surface area contributed by atoms with Crippen molar-refractivity contribution in [2.24, 2.45) is 0 Å². The van der Waals surface area contributed by atoms with Gasteiger partial charge < -0.3 is 4.90 Å². The summed E-state index contributed by atoms with van der Waals surface area (Å²) in [5.74, 6) is 0. The van der Waals surface area contributed by atoms with E-state index in [4.69, 9.17) is 0 Å². The van der Waals surface area contributed by atoms with Gasteiger partial charge in [-0.3, -0.25) is 0 Å². The summed E-state index contributed by atoms with van der Waals surface area (Å²) in [6.45, 7) is 9.34. The number of halogens is 1. The molecule has 104 valence electrons. The minimum atomic E-state index is 0.692. The minimum Gasteiger partial charge on any atom is -0.300 e. The van der Waals surface area contributed by atoms with E-state index in [-0.39, 0.29) is 0 Å². The number of hydrogen-bond acceptors (Lipinski definition) is 1. The van der Waals surface area contributed by atoms with Gasteiger partial charge in [0.1, 0.15) is 0 Å². The van der Waals surface area contributed by atoms with Gasteiger partial charge in [0.2, 0.25) is 0 Å². The highest BCUT2D eigenvalue weighted by Gasteiger charge is 2.07. The summed E-state index contributed by atoms with van der Waals surface area (Å²) in [4.78, 5) is 2.58. The van der Waals surface area contributed by atoms with Crippen molar-refractivity contribution in [2.45, 2.75) is 78.2 Å². The third-order valence-corrected chi connectivity index (χ3v) is 3.76. The smallest absolute Gasteiger partial charge is 0.0159 e. The minimum absolute atomic E-state index is 0.692. The zero-order valence-corrected chi connectivity index (χ0v) is 13.8. The number of hydrogen-bond donors (Lipinski definition) is 0. The first kappa shape index (κ1) is 17.4. The number of rotatable bonds is 12. The molecule has 1 nitrogen and oxygen atoms in total. The summed E-state index contributed by atoms with van der Waals surface area (Å²) in [5.41, 5.74) is 0. The van der Waals surface area contributed by atoms with E-state index in [9.17, 15) is 0 Å². The summed E-state index contributed by atoms with van der Waals surface area (Å²) in [5, 5.41) is 1.10. The monoisotopic (exact) mass is 305 g/mol. The van der Waals surface area contributed by atoms with Crippen LogP contribution in [0.15, 0.2) is 0 Å². The zero-order chi connectivity index (χ0) is 12.9. The summed E-state index contributed by atoms with van der Waals surface area (Å²) >= 11 is 3.53. The summed E-state index contributed by atoms with van der Waals surface area (Å²) in [6.07, 6.45) is 11.3. The lowest BCUT2D eigenvalue weighted by Gasteiger charge is -2.25. The summed E-state index contributed by atoms with van der Waals surface area (Å²) < 4.78 is 0. The maximum Gasteiger partial charge on any atom is 0.0159 e. The quantitative estimate of drug-likeness (QED) is 0.352. The second kappa shape index (κ2) is 12.9. The fourth-order valence-electron chi connectivity index (χ4n) is 2.19. The molecule has 0 N–H and O–H groups in total. The Bertz CT molecular complexity index is 148. The van der Waals surface area contributed by atoms with E-state index in [2.05, 4.69) is 41.6 Å². The molecule has 0 radical (unpaired) electrons. The molecule has 0 amide bonds. The third-order valence-electron chi connectivity index (χ3n) is 3.40. The molecule has 0 unspecified atom stereocenters. The first-order valence-corrected chi connectivity index (χ1v) is 8.64. The van der Waals surface area contributed by atoms with Crippen LogP contribution in [0.3, 0.4) is 0 Å². The number of nitrogens with zero attached hydrogens (tertiary/aromatic N) is 1. The number of alkyl halides is 1. The summed E-state index contributed by atoms with van der Waals surface area (Å²) in [7, 11) is 0. The Morgan fingerprint density at radius 3 is 1.82 bits per heavy atom. The molecular weight excluding hydrogens is 274 g/mol. The van der Waals surface area contributed by atoms with Crippen LogP contribution in [0.5, 0.6) is 0 Å².